The molecular weight excluding hydrogens is 312 g/mol. The second-order valence-corrected chi connectivity index (χ2v) is 4.94. The van der Waals surface area contributed by atoms with Crippen LogP contribution >= 0.6 is 0 Å². The average molecular weight is 334 g/mol. The van der Waals surface area contributed by atoms with Gasteiger partial charge in [-0.1, -0.05) is 6.07 Å². The molecule has 0 unspecified atom stereocenters. The van der Waals surface area contributed by atoms with E-state index in [1.54, 1.807) is 63.8 Å². The Labute approximate surface area is 141 Å². The Balaban J connectivity index is 1.87. The summed E-state index contributed by atoms with van der Waals surface area (Å²) < 4.78 is 26.7. The van der Waals surface area contributed by atoms with Gasteiger partial charge in [-0.15, -0.1) is 0 Å². The Hall–Kier alpha value is -2.60. The fourth-order valence-corrected chi connectivity index (χ4v) is 2.05. The van der Waals surface area contributed by atoms with E-state index in [1.165, 1.54) is 0 Å². The van der Waals surface area contributed by atoms with Gasteiger partial charge in [0.1, 0.15) is 30.8 Å². The van der Waals surface area contributed by atoms with Crippen LogP contribution in [-0.4, -0.2) is 45.8 Å². The minimum absolute atomic E-state index is 0.0485. The van der Waals surface area contributed by atoms with E-state index in [4.69, 9.17) is 23.7 Å². The third kappa shape index (κ3) is 4.70. The third-order valence-corrected chi connectivity index (χ3v) is 3.30. The molecule has 0 saturated heterocycles. The van der Waals surface area contributed by atoms with Crippen molar-refractivity contribution < 1.29 is 28.8 Å². The second kappa shape index (κ2) is 8.88. The van der Waals surface area contributed by atoms with E-state index in [0.717, 1.165) is 5.75 Å². The number of aliphatic hydroxyl groups is 1. The molecule has 1 N–H and O–H groups in total. The van der Waals surface area contributed by atoms with Crippen LogP contribution in [0.25, 0.3) is 0 Å². The Morgan fingerprint density at radius 1 is 0.750 bits per heavy atom. The standard InChI is InChI=1S/C18H22O6/c1-20-14-7-9-15(10-8-14)23-11-13(19)12-24-18-16(21-2)5-4-6-17(18)22-3/h4-10,13,19H,11-12H2,1-3H3/t13-/m1/s1. The van der Waals surface area contributed by atoms with E-state index in [0.29, 0.717) is 23.0 Å². The number of hydrogen-bond acceptors (Lipinski definition) is 6. The van der Waals surface area contributed by atoms with Gasteiger partial charge in [0.25, 0.3) is 0 Å². The lowest BCUT2D eigenvalue weighted by Crippen LogP contribution is -2.25. The third-order valence-electron chi connectivity index (χ3n) is 3.30. The zero-order chi connectivity index (χ0) is 17.4. The summed E-state index contributed by atoms with van der Waals surface area (Å²) in [5.41, 5.74) is 0. The summed E-state index contributed by atoms with van der Waals surface area (Å²) >= 11 is 0. The summed E-state index contributed by atoms with van der Waals surface area (Å²) in [5.74, 6) is 2.92. The first kappa shape index (κ1) is 17.7. The van der Waals surface area contributed by atoms with Crippen LogP contribution < -0.4 is 23.7 Å². The van der Waals surface area contributed by atoms with Crippen molar-refractivity contribution in [3.05, 3.63) is 42.5 Å². The molecular formula is C18H22O6. The maximum Gasteiger partial charge on any atom is 0.203 e. The highest BCUT2D eigenvalue weighted by atomic mass is 16.5. The number of methoxy groups -OCH3 is 3. The molecule has 2 rings (SSSR count). The fraction of sp³-hybridized carbons (Fsp3) is 0.333. The van der Waals surface area contributed by atoms with Gasteiger partial charge in [-0.25, -0.2) is 0 Å². The minimum atomic E-state index is -0.804. The number of benzene rings is 2. The Kier molecular flexibility index (Phi) is 6.57. The summed E-state index contributed by atoms with van der Waals surface area (Å²) in [7, 11) is 4.69. The molecule has 6 nitrogen and oxygen atoms in total. The van der Waals surface area contributed by atoms with Crippen LogP contribution in [0.15, 0.2) is 42.5 Å². The molecule has 0 aliphatic heterocycles. The molecule has 0 aliphatic carbocycles. The predicted octanol–water partition coefficient (Wildman–Crippen LogP) is 2.53. The van der Waals surface area contributed by atoms with Crippen molar-refractivity contribution in [2.75, 3.05) is 34.5 Å². The number of ether oxygens (including phenoxy) is 5. The molecule has 1 atom stereocenters. The minimum Gasteiger partial charge on any atom is -0.497 e. The molecule has 2 aromatic rings. The van der Waals surface area contributed by atoms with Crippen LogP contribution in [0.5, 0.6) is 28.7 Å². The number of hydrogen-bond donors (Lipinski definition) is 1. The van der Waals surface area contributed by atoms with Crippen LogP contribution in [0, 0.1) is 0 Å². The second-order valence-electron chi connectivity index (χ2n) is 4.94. The van der Waals surface area contributed by atoms with E-state index < -0.39 is 6.10 Å². The summed E-state index contributed by atoms with van der Waals surface area (Å²) in [4.78, 5) is 0. The van der Waals surface area contributed by atoms with Gasteiger partial charge in [-0.2, -0.15) is 0 Å². The van der Waals surface area contributed by atoms with Gasteiger partial charge in [0.2, 0.25) is 5.75 Å². The largest absolute Gasteiger partial charge is 0.497 e. The monoisotopic (exact) mass is 334 g/mol. The van der Waals surface area contributed by atoms with Crippen LogP contribution in [-0.2, 0) is 0 Å². The lowest BCUT2D eigenvalue weighted by Gasteiger charge is -2.17. The van der Waals surface area contributed by atoms with E-state index in [2.05, 4.69) is 0 Å². The first-order chi connectivity index (χ1) is 11.7. The molecule has 0 bridgehead atoms. The van der Waals surface area contributed by atoms with Crippen molar-refractivity contribution in [3.63, 3.8) is 0 Å². The molecule has 0 saturated carbocycles. The predicted molar refractivity (Wildman–Crippen MR) is 89.5 cm³/mol. The molecule has 2 aromatic carbocycles. The number of rotatable bonds is 9. The van der Waals surface area contributed by atoms with Crippen molar-refractivity contribution in [2.24, 2.45) is 0 Å². The zero-order valence-electron chi connectivity index (χ0n) is 14.0. The summed E-state index contributed by atoms with van der Waals surface area (Å²) in [6.07, 6.45) is -0.804. The van der Waals surface area contributed by atoms with E-state index >= 15 is 0 Å². The van der Waals surface area contributed by atoms with Gasteiger partial charge in [0.15, 0.2) is 11.5 Å². The van der Waals surface area contributed by atoms with Crippen molar-refractivity contribution >= 4 is 0 Å². The van der Waals surface area contributed by atoms with Crippen LogP contribution in [0.3, 0.4) is 0 Å². The van der Waals surface area contributed by atoms with Crippen molar-refractivity contribution in [1.82, 2.24) is 0 Å². The lowest BCUT2D eigenvalue weighted by molar-refractivity contribution is 0.0606. The lowest BCUT2D eigenvalue weighted by atomic mass is 10.3. The average Bonchev–Trinajstić information content (AvgIpc) is 2.64. The highest BCUT2D eigenvalue weighted by Gasteiger charge is 2.14. The molecule has 130 valence electrons. The van der Waals surface area contributed by atoms with Crippen LogP contribution in [0.1, 0.15) is 0 Å². The number of aliphatic hydroxyl groups excluding tert-OH is 1. The Morgan fingerprint density at radius 2 is 1.29 bits per heavy atom. The van der Waals surface area contributed by atoms with Gasteiger partial charge in [0.05, 0.1) is 21.3 Å². The van der Waals surface area contributed by atoms with E-state index in [-0.39, 0.29) is 13.2 Å². The number of para-hydroxylation sites is 1. The summed E-state index contributed by atoms with van der Waals surface area (Å²) in [6, 6.07) is 12.4. The molecule has 0 radical (unpaired) electrons. The molecule has 6 heteroatoms. The smallest absolute Gasteiger partial charge is 0.203 e. The molecule has 0 heterocycles. The highest BCUT2D eigenvalue weighted by molar-refractivity contribution is 5.51. The van der Waals surface area contributed by atoms with Gasteiger partial charge < -0.3 is 28.8 Å². The molecule has 0 amide bonds. The van der Waals surface area contributed by atoms with Gasteiger partial charge >= 0.3 is 0 Å². The van der Waals surface area contributed by atoms with Gasteiger partial charge in [0, 0.05) is 0 Å². The molecule has 24 heavy (non-hydrogen) atoms. The van der Waals surface area contributed by atoms with Crippen LogP contribution in [0.4, 0.5) is 0 Å². The summed E-state index contributed by atoms with van der Waals surface area (Å²) in [6.45, 7) is 0.149. The Bertz CT molecular complexity index is 604. The highest BCUT2D eigenvalue weighted by Crippen LogP contribution is 2.36. The first-order valence-corrected chi connectivity index (χ1v) is 7.46. The van der Waals surface area contributed by atoms with Gasteiger partial charge in [-0.3, -0.25) is 0 Å². The first-order valence-electron chi connectivity index (χ1n) is 7.46. The molecule has 0 spiro atoms. The normalized spacial score (nSPS) is 11.5. The zero-order valence-corrected chi connectivity index (χ0v) is 14.0. The van der Waals surface area contributed by atoms with Crippen molar-refractivity contribution in [1.29, 1.82) is 0 Å². The fourth-order valence-electron chi connectivity index (χ4n) is 2.05. The van der Waals surface area contributed by atoms with Crippen molar-refractivity contribution in [3.8, 4) is 28.7 Å². The molecule has 0 fully saturated rings. The van der Waals surface area contributed by atoms with E-state index in [9.17, 15) is 5.11 Å². The van der Waals surface area contributed by atoms with E-state index in [1.807, 2.05) is 0 Å². The topological polar surface area (TPSA) is 66.4 Å². The Morgan fingerprint density at radius 3 is 1.83 bits per heavy atom. The van der Waals surface area contributed by atoms with Crippen LogP contribution in [0.2, 0.25) is 0 Å². The van der Waals surface area contributed by atoms with Gasteiger partial charge in [-0.05, 0) is 36.4 Å². The molecule has 0 aromatic heterocycles. The molecule has 0 aliphatic rings. The SMILES string of the molecule is COc1ccc(OC[C@@H](O)COc2c(OC)cccc2OC)cc1. The summed E-state index contributed by atoms with van der Waals surface area (Å²) in [5, 5.41) is 10.0. The quantitative estimate of drug-likeness (QED) is 0.760. The maximum absolute atomic E-state index is 10.0. The maximum atomic E-state index is 10.0. The van der Waals surface area contributed by atoms with Crippen molar-refractivity contribution in [2.45, 2.75) is 6.10 Å².